The van der Waals surface area contributed by atoms with E-state index >= 15 is 0 Å². The molecular formula is C22H42ClNO3. The van der Waals surface area contributed by atoms with Gasteiger partial charge in [-0.15, -0.1) is 11.6 Å². The van der Waals surface area contributed by atoms with Gasteiger partial charge >= 0.3 is 6.09 Å². The van der Waals surface area contributed by atoms with Crippen LogP contribution in [-0.2, 0) is 9.53 Å². The van der Waals surface area contributed by atoms with E-state index in [9.17, 15) is 9.59 Å². The van der Waals surface area contributed by atoms with Crippen LogP contribution in [-0.4, -0.2) is 29.4 Å². The number of Topliss-reactive ketones (excluding diaryl/α,β-unsaturated/α-hetero) is 1. The molecule has 0 fully saturated rings. The number of alkyl halides is 1. The third kappa shape index (κ3) is 17.1. The molecule has 1 unspecified atom stereocenters. The van der Waals surface area contributed by atoms with Gasteiger partial charge in [-0.05, 0) is 27.2 Å². The van der Waals surface area contributed by atoms with Crippen LogP contribution < -0.4 is 5.32 Å². The molecular weight excluding hydrogens is 362 g/mol. The van der Waals surface area contributed by atoms with Gasteiger partial charge in [0.25, 0.3) is 0 Å². The van der Waals surface area contributed by atoms with Crippen molar-refractivity contribution in [1.82, 2.24) is 5.32 Å². The van der Waals surface area contributed by atoms with Gasteiger partial charge in [0, 0.05) is 0 Å². The highest BCUT2D eigenvalue weighted by atomic mass is 35.5. The highest BCUT2D eigenvalue weighted by Gasteiger charge is 2.23. The Morgan fingerprint density at radius 3 is 1.70 bits per heavy atom. The Kier molecular flexibility index (Phi) is 15.7. The van der Waals surface area contributed by atoms with Crippen LogP contribution in [0.25, 0.3) is 0 Å². The molecule has 0 radical (unpaired) electrons. The minimum absolute atomic E-state index is 0.0846. The molecule has 5 heteroatoms. The Morgan fingerprint density at radius 1 is 0.852 bits per heavy atom. The molecule has 0 rings (SSSR count). The quantitative estimate of drug-likeness (QED) is 0.228. The van der Waals surface area contributed by atoms with Crippen molar-refractivity contribution in [3.8, 4) is 0 Å². The third-order valence-electron chi connectivity index (χ3n) is 4.56. The van der Waals surface area contributed by atoms with Gasteiger partial charge in [-0.1, -0.05) is 84.0 Å². The van der Waals surface area contributed by atoms with E-state index in [1.807, 2.05) is 0 Å². The average molecular weight is 404 g/mol. The number of alkyl carbamates (subject to hydrolysis) is 1. The number of rotatable bonds is 16. The van der Waals surface area contributed by atoms with Crippen LogP contribution in [0.5, 0.6) is 0 Å². The topological polar surface area (TPSA) is 55.4 Å². The fourth-order valence-corrected chi connectivity index (χ4v) is 3.23. The first-order valence-corrected chi connectivity index (χ1v) is 11.4. The molecule has 1 atom stereocenters. The molecule has 0 saturated heterocycles. The third-order valence-corrected chi connectivity index (χ3v) is 4.82. The Labute approximate surface area is 172 Å². The molecule has 1 N–H and O–H groups in total. The van der Waals surface area contributed by atoms with Gasteiger partial charge in [0.1, 0.15) is 5.60 Å². The second kappa shape index (κ2) is 16.2. The fraction of sp³-hybridized carbons (Fsp3) is 0.909. The van der Waals surface area contributed by atoms with E-state index in [0.717, 1.165) is 12.8 Å². The molecule has 4 nitrogen and oxygen atoms in total. The number of amides is 1. The molecule has 0 saturated carbocycles. The summed E-state index contributed by atoms with van der Waals surface area (Å²) in [6, 6.07) is -0.541. The molecule has 0 aliphatic carbocycles. The molecule has 0 aromatic carbocycles. The number of ether oxygens (including phenoxy) is 1. The maximum Gasteiger partial charge on any atom is 0.408 e. The summed E-state index contributed by atoms with van der Waals surface area (Å²) in [5, 5.41) is 2.67. The largest absolute Gasteiger partial charge is 0.444 e. The molecule has 0 aliphatic heterocycles. The smallest absolute Gasteiger partial charge is 0.408 e. The molecule has 27 heavy (non-hydrogen) atoms. The lowest BCUT2D eigenvalue weighted by Gasteiger charge is -2.22. The number of hydrogen-bond acceptors (Lipinski definition) is 3. The van der Waals surface area contributed by atoms with Crippen molar-refractivity contribution in [2.75, 3.05) is 5.88 Å². The van der Waals surface area contributed by atoms with E-state index in [-0.39, 0.29) is 11.7 Å². The minimum Gasteiger partial charge on any atom is -0.444 e. The van der Waals surface area contributed by atoms with E-state index in [4.69, 9.17) is 16.3 Å². The van der Waals surface area contributed by atoms with Gasteiger partial charge in [-0.3, -0.25) is 4.79 Å². The van der Waals surface area contributed by atoms with Crippen LogP contribution in [0.3, 0.4) is 0 Å². The predicted octanol–water partition coefficient (Wildman–Crippen LogP) is 6.78. The van der Waals surface area contributed by atoms with Gasteiger partial charge in [0.2, 0.25) is 0 Å². The molecule has 1 amide bonds. The second-order valence-electron chi connectivity index (χ2n) is 8.48. The van der Waals surface area contributed by atoms with E-state index < -0.39 is 17.7 Å². The highest BCUT2D eigenvalue weighted by Crippen LogP contribution is 2.14. The van der Waals surface area contributed by atoms with Crippen molar-refractivity contribution < 1.29 is 14.3 Å². The van der Waals surface area contributed by atoms with Crippen LogP contribution in [0.1, 0.15) is 111 Å². The van der Waals surface area contributed by atoms with Crippen molar-refractivity contribution >= 4 is 23.5 Å². The van der Waals surface area contributed by atoms with Gasteiger partial charge in [0.15, 0.2) is 5.78 Å². The van der Waals surface area contributed by atoms with Gasteiger partial charge in [-0.2, -0.15) is 0 Å². The number of unbranched alkanes of at least 4 members (excludes halogenated alkanes) is 11. The number of carbonyl (C=O) groups excluding carboxylic acids is 2. The van der Waals surface area contributed by atoms with Gasteiger partial charge in [0.05, 0.1) is 11.9 Å². The van der Waals surface area contributed by atoms with Crippen LogP contribution in [0.15, 0.2) is 0 Å². The number of nitrogens with one attached hydrogen (secondary N) is 1. The standard InChI is InChI=1S/C22H42ClNO3/c1-5-6-7-8-9-10-11-12-13-14-15-16-17-19(20(25)18-23)24-21(26)27-22(2,3)4/h19H,5-18H2,1-4H3,(H,24,26). The lowest BCUT2D eigenvalue weighted by molar-refractivity contribution is -0.118. The average Bonchev–Trinajstić information content (AvgIpc) is 2.59. The van der Waals surface area contributed by atoms with Crippen molar-refractivity contribution in [3.63, 3.8) is 0 Å². The minimum atomic E-state index is -0.575. The summed E-state index contributed by atoms with van der Waals surface area (Å²) in [7, 11) is 0. The summed E-state index contributed by atoms with van der Waals surface area (Å²) in [6.45, 7) is 7.66. The maximum atomic E-state index is 11.9. The zero-order valence-corrected chi connectivity index (χ0v) is 18.8. The van der Waals surface area contributed by atoms with E-state index in [2.05, 4.69) is 12.2 Å². The monoisotopic (exact) mass is 403 g/mol. The first kappa shape index (κ1) is 26.2. The highest BCUT2D eigenvalue weighted by molar-refractivity contribution is 6.28. The predicted molar refractivity (Wildman–Crippen MR) is 115 cm³/mol. The Hall–Kier alpha value is -0.770. The number of halogens is 1. The molecule has 0 aliphatic rings. The first-order valence-electron chi connectivity index (χ1n) is 10.9. The van der Waals surface area contributed by atoms with Crippen molar-refractivity contribution in [2.45, 2.75) is 123 Å². The molecule has 160 valence electrons. The van der Waals surface area contributed by atoms with Crippen molar-refractivity contribution in [2.24, 2.45) is 0 Å². The van der Waals surface area contributed by atoms with Crippen LogP contribution >= 0.6 is 11.6 Å². The number of hydrogen-bond donors (Lipinski definition) is 1. The van der Waals surface area contributed by atoms with Crippen molar-refractivity contribution in [3.05, 3.63) is 0 Å². The van der Waals surface area contributed by atoms with E-state index in [1.54, 1.807) is 20.8 Å². The normalized spacial score (nSPS) is 12.6. The summed E-state index contributed by atoms with van der Waals surface area (Å²) in [6.07, 6.45) is 15.3. The van der Waals surface area contributed by atoms with Crippen LogP contribution in [0, 0.1) is 0 Å². The molecule has 0 aromatic heterocycles. The first-order chi connectivity index (χ1) is 12.8. The zero-order valence-electron chi connectivity index (χ0n) is 18.1. The SMILES string of the molecule is CCCCCCCCCCCCCCC(NC(=O)OC(C)(C)C)C(=O)CCl. The van der Waals surface area contributed by atoms with Crippen LogP contribution in [0.4, 0.5) is 4.79 Å². The van der Waals surface area contributed by atoms with E-state index in [0.29, 0.717) is 6.42 Å². The van der Waals surface area contributed by atoms with Crippen molar-refractivity contribution in [1.29, 1.82) is 0 Å². The lowest BCUT2D eigenvalue weighted by Crippen LogP contribution is -2.44. The molecule has 0 heterocycles. The Balaban J connectivity index is 3.80. The summed E-state index contributed by atoms with van der Waals surface area (Å²) in [4.78, 5) is 23.8. The Morgan fingerprint density at radius 2 is 1.30 bits per heavy atom. The summed E-state index contributed by atoms with van der Waals surface area (Å²) in [5.74, 6) is -0.232. The summed E-state index contributed by atoms with van der Waals surface area (Å²) >= 11 is 5.67. The maximum absolute atomic E-state index is 11.9. The van der Waals surface area contributed by atoms with Gasteiger partial charge in [-0.25, -0.2) is 4.79 Å². The molecule has 0 spiro atoms. The zero-order chi connectivity index (χ0) is 20.5. The Bertz CT molecular complexity index is 394. The van der Waals surface area contributed by atoms with Gasteiger partial charge < -0.3 is 10.1 Å². The summed E-state index contributed by atoms with van der Waals surface area (Å²) < 4.78 is 5.23. The number of ketones is 1. The summed E-state index contributed by atoms with van der Waals surface area (Å²) in [5.41, 5.74) is -0.575. The molecule has 0 bridgehead atoms. The lowest BCUT2D eigenvalue weighted by atomic mass is 10.0. The second-order valence-corrected chi connectivity index (χ2v) is 8.74. The van der Waals surface area contributed by atoms with Crippen LogP contribution in [0.2, 0.25) is 0 Å². The molecule has 0 aromatic rings. The van der Waals surface area contributed by atoms with E-state index in [1.165, 1.54) is 64.2 Å². The number of carbonyl (C=O) groups is 2. The fourth-order valence-electron chi connectivity index (χ4n) is 3.05.